The van der Waals surface area contributed by atoms with Gasteiger partial charge in [-0.1, -0.05) is 11.6 Å². The van der Waals surface area contributed by atoms with Crippen LogP contribution in [0, 0.1) is 0 Å². The first-order valence-corrected chi connectivity index (χ1v) is 6.32. The first-order chi connectivity index (χ1) is 9.51. The van der Waals surface area contributed by atoms with Gasteiger partial charge in [-0.3, -0.25) is 9.48 Å². The maximum Gasteiger partial charge on any atom is 0.271 e. The summed E-state index contributed by atoms with van der Waals surface area (Å²) in [6.45, 7) is 0.508. The Labute approximate surface area is 121 Å². The zero-order valence-electron chi connectivity index (χ0n) is 11.5. The van der Waals surface area contributed by atoms with Crippen molar-refractivity contribution in [3.63, 3.8) is 0 Å². The van der Waals surface area contributed by atoms with Gasteiger partial charge in [-0.2, -0.15) is 5.10 Å². The smallest absolute Gasteiger partial charge is 0.271 e. The van der Waals surface area contributed by atoms with E-state index in [1.165, 1.54) is 6.20 Å². The van der Waals surface area contributed by atoms with Gasteiger partial charge < -0.3 is 10.2 Å². The molecule has 1 amide bonds. The Balaban J connectivity index is 2.11. The van der Waals surface area contributed by atoms with Crippen molar-refractivity contribution in [3.05, 3.63) is 35.0 Å². The van der Waals surface area contributed by atoms with E-state index >= 15 is 0 Å². The van der Waals surface area contributed by atoms with Crippen LogP contribution in [0.4, 0.5) is 5.82 Å². The highest BCUT2D eigenvalue weighted by Gasteiger charge is 2.11. The van der Waals surface area contributed by atoms with Gasteiger partial charge in [-0.15, -0.1) is 0 Å². The highest BCUT2D eigenvalue weighted by molar-refractivity contribution is 6.31. The van der Waals surface area contributed by atoms with Crippen molar-refractivity contribution < 1.29 is 4.79 Å². The number of carbonyl (C=O) groups is 1. The maximum absolute atomic E-state index is 11.4. The zero-order chi connectivity index (χ0) is 14.7. The van der Waals surface area contributed by atoms with Crippen molar-refractivity contribution in [2.24, 2.45) is 7.05 Å². The highest BCUT2D eigenvalue weighted by atomic mass is 35.5. The number of hydrogen-bond acceptors (Lipinski definition) is 5. The van der Waals surface area contributed by atoms with Gasteiger partial charge in [0.15, 0.2) is 0 Å². The van der Waals surface area contributed by atoms with Gasteiger partial charge in [-0.25, -0.2) is 9.97 Å². The van der Waals surface area contributed by atoms with E-state index in [4.69, 9.17) is 11.6 Å². The molecule has 0 bridgehead atoms. The zero-order valence-corrected chi connectivity index (χ0v) is 12.2. The van der Waals surface area contributed by atoms with Gasteiger partial charge in [0.05, 0.1) is 24.0 Å². The van der Waals surface area contributed by atoms with E-state index in [0.717, 1.165) is 5.69 Å². The van der Waals surface area contributed by atoms with E-state index < -0.39 is 0 Å². The molecule has 0 aliphatic heterocycles. The van der Waals surface area contributed by atoms with Crippen LogP contribution in [-0.4, -0.2) is 39.8 Å². The topological polar surface area (TPSA) is 75.9 Å². The molecule has 7 nitrogen and oxygen atoms in total. The van der Waals surface area contributed by atoms with E-state index in [2.05, 4.69) is 20.4 Å². The molecule has 0 aliphatic rings. The Morgan fingerprint density at radius 1 is 1.45 bits per heavy atom. The van der Waals surface area contributed by atoms with E-state index in [-0.39, 0.29) is 11.6 Å². The second-order valence-electron chi connectivity index (χ2n) is 4.29. The molecular weight excluding hydrogens is 280 g/mol. The lowest BCUT2D eigenvalue weighted by Crippen LogP contribution is -2.22. The number of rotatable bonds is 4. The number of amides is 1. The molecule has 2 heterocycles. The predicted molar refractivity (Wildman–Crippen MR) is 75.7 cm³/mol. The first-order valence-electron chi connectivity index (χ1n) is 5.94. The van der Waals surface area contributed by atoms with Crippen LogP contribution in [0.15, 0.2) is 18.6 Å². The fourth-order valence-electron chi connectivity index (χ4n) is 1.68. The quantitative estimate of drug-likeness (QED) is 0.905. The lowest BCUT2D eigenvalue weighted by Gasteiger charge is -2.16. The Morgan fingerprint density at radius 3 is 2.70 bits per heavy atom. The van der Waals surface area contributed by atoms with Crippen molar-refractivity contribution in [2.45, 2.75) is 6.54 Å². The molecule has 0 unspecified atom stereocenters. The minimum atomic E-state index is -0.264. The second kappa shape index (κ2) is 5.87. The molecule has 8 heteroatoms. The van der Waals surface area contributed by atoms with Crippen molar-refractivity contribution in [2.75, 3.05) is 19.0 Å². The van der Waals surface area contributed by atoms with Crippen LogP contribution in [0.25, 0.3) is 0 Å². The summed E-state index contributed by atoms with van der Waals surface area (Å²) in [5.74, 6) is 0.374. The Morgan fingerprint density at radius 2 is 2.20 bits per heavy atom. The molecule has 0 spiro atoms. The molecule has 2 rings (SSSR count). The minimum Gasteiger partial charge on any atom is -0.354 e. The molecule has 0 saturated heterocycles. The van der Waals surface area contributed by atoms with Crippen LogP contribution in [0.1, 0.15) is 16.2 Å². The summed E-state index contributed by atoms with van der Waals surface area (Å²) in [7, 11) is 5.22. The second-order valence-corrected chi connectivity index (χ2v) is 4.70. The summed E-state index contributed by atoms with van der Waals surface area (Å²) < 4.78 is 1.66. The third-order valence-corrected chi connectivity index (χ3v) is 3.05. The van der Waals surface area contributed by atoms with Crippen LogP contribution in [0.2, 0.25) is 5.02 Å². The molecule has 2 aromatic heterocycles. The van der Waals surface area contributed by atoms with Gasteiger partial charge in [0, 0.05) is 27.3 Å². The largest absolute Gasteiger partial charge is 0.354 e. The summed E-state index contributed by atoms with van der Waals surface area (Å²) in [6.07, 6.45) is 4.72. The van der Waals surface area contributed by atoms with Crippen molar-refractivity contribution in [3.8, 4) is 0 Å². The Kier molecular flexibility index (Phi) is 4.19. The van der Waals surface area contributed by atoms with Gasteiger partial charge in [-0.05, 0) is 0 Å². The van der Waals surface area contributed by atoms with Crippen LogP contribution < -0.4 is 10.2 Å². The Bertz CT molecular complexity index is 609. The SMILES string of the molecule is CNC(=O)c1cnc(N(C)Cc2nn(C)cc2Cl)cn1. The molecular formula is C12H15ClN6O. The monoisotopic (exact) mass is 294 g/mol. The number of aryl methyl sites for hydroxylation is 1. The number of carbonyl (C=O) groups excluding carboxylic acids is 1. The summed E-state index contributed by atoms with van der Waals surface area (Å²) in [5, 5.41) is 7.37. The molecule has 2 aromatic rings. The number of hydrogen-bond donors (Lipinski definition) is 1. The molecule has 106 valence electrons. The lowest BCUT2D eigenvalue weighted by molar-refractivity contribution is 0.0958. The maximum atomic E-state index is 11.4. The molecule has 0 saturated carbocycles. The van der Waals surface area contributed by atoms with Gasteiger partial charge in [0.25, 0.3) is 5.91 Å². The molecule has 0 atom stereocenters. The first kappa shape index (κ1) is 14.3. The number of nitrogens with one attached hydrogen (secondary N) is 1. The number of halogens is 1. The Hall–Kier alpha value is -2.15. The van der Waals surface area contributed by atoms with Crippen LogP contribution in [0.5, 0.6) is 0 Å². The predicted octanol–water partition coefficient (Wildman–Crippen LogP) is 0.859. The molecule has 1 N–H and O–H groups in total. The third-order valence-electron chi connectivity index (χ3n) is 2.73. The van der Waals surface area contributed by atoms with Gasteiger partial charge in [0.2, 0.25) is 0 Å². The lowest BCUT2D eigenvalue weighted by atomic mass is 10.4. The van der Waals surface area contributed by atoms with Crippen LogP contribution in [0.3, 0.4) is 0 Å². The summed E-state index contributed by atoms with van der Waals surface area (Å²) in [5.41, 5.74) is 1.04. The van der Waals surface area contributed by atoms with Crippen LogP contribution >= 0.6 is 11.6 Å². The van der Waals surface area contributed by atoms with E-state index in [0.29, 0.717) is 17.4 Å². The molecule has 0 aliphatic carbocycles. The van der Waals surface area contributed by atoms with Crippen LogP contribution in [-0.2, 0) is 13.6 Å². The minimum absolute atomic E-state index is 0.264. The van der Waals surface area contributed by atoms with E-state index in [9.17, 15) is 4.79 Å². The average Bonchev–Trinajstić information content (AvgIpc) is 2.76. The highest BCUT2D eigenvalue weighted by Crippen LogP contribution is 2.17. The normalized spacial score (nSPS) is 10.4. The van der Waals surface area contributed by atoms with E-state index in [1.807, 2.05) is 19.0 Å². The average molecular weight is 295 g/mol. The fourth-order valence-corrected chi connectivity index (χ4v) is 1.92. The number of nitrogens with zero attached hydrogens (tertiary/aromatic N) is 5. The van der Waals surface area contributed by atoms with Crippen molar-refractivity contribution >= 4 is 23.3 Å². The molecule has 0 fully saturated rings. The summed E-state index contributed by atoms with van der Waals surface area (Å²) in [4.78, 5) is 21.5. The molecule has 0 radical (unpaired) electrons. The molecule has 0 aromatic carbocycles. The summed E-state index contributed by atoms with van der Waals surface area (Å²) in [6, 6.07) is 0. The van der Waals surface area contributed by atoms with Gasteiger partial charge in [0.1, 0.15) is 17.2 Å². The number of anilines is 1. The van der Waals surface area contributed by atoms with Crippen molar-refractivity contribution in [1.82, 2.24) is 25.1 Å². The third kappa shape index (κ3) is 3.05. The molecule has 20 heavy (non-hydrogen) atoms. The standard InChI is InChI=1S/C12H15ClN6O/c1-14-12(20)9-4-16-11(5-15-9)18(2)7-10-8(13)6-19(3)17-10/h4-6H,7H2,1-3H3,(H,14,20). The van der Waals surface area contributed by atoms with Gasteiger partial charge >= 0.3 is 0 Å². The fraction of sp³-hybridized carbons (Fsp3) is 0.333. The number of aromatic nitrogens is 4. The summed E-state index contributed by atoms with van der Waals surface area (Å²) >= 11 is 6.06. The van der Waals surface area contributed by atoms with Crippen molar-refractivity contribution in [1.29, 1.82) is 0 Å². The van der Waals surface area contributed by atoms with E-state index in [1.54, 1.807) is 24.1 Å².